The highest BCUT2D eigenvalue weighted by Gasteiger charge is 2.15. The molecule has 4 heteroatoms. The van der Waals surface area contributed by atoms with Crippen molar-refractivity contribution in [3.8, 4) is 0 Å². The van der Waals surface area contributed by atoms with E-state index in [0.717, 1.165) is 15.6 Å². The van der Waals surface area contributed by atoms with Crippen molar-refractivity contribution < 1.29 is 8.78 Å². The van der Waals surface area contributed by atoms with Gasteiger partial charge in [-0.3, -0.25) is 0 Å². The van der Waals surface area contributed by atoms with Crippen LogP contribution in [0.5, 0.6) is 0 Å². The van der Waals surface area contributed by atoms with Gasteiger partial charge in [-0.25, -0.2) is 8.78 Å². The van der Waals surface area contributed by atoms with E-state index in [1.807, 2.05) is 0 Å². The van der Waals surface area contributed by atoms with Gasteiger partial charge in [0.2, 0.25) is 0 Å². The first kappa shape index (κ1) is 13.2. The molecule has 2 aromatic rings. The lowest BCUT2D eigenvalue weighted by molar-refractivity contribution is 0.612. The Morgan fingerprint density at radius 3 is 2.22 bits per heavy atom. The average Bonchev–Trinajstić information content (AvgIpc) is 2.37. The van der Waals surface area contributed by atoms with Gasteiger partial charge in [0.15, 0.2) is 0 Å². The molecule has 0 saturated carbocycles. The van der Waals surface area contributed by atoms with Gasteiger partial charge in [0.1, 0.15) is 11.6 Å². The van der Waals surface area contributed by atoms with Gasteiger partial charge in [-0.1, -0.05) is 28.1 Å². The smallest absolute Gasteiger partial charge is 0.123 e. The van der Waals surface area contributed by atoms with Crippen LogP contribution in [0.15, 0.2) is 46.9 Å². The molecule has 1 N–H and O–H groups in total. The lowest BCUT2D eigenvalue weighted by atomic mass is 9.99. The van der Waals surface area contributed by atoms with Crippen molar-refractivity contribution in [2.75, 3.05) is 7.05 Å². The average molecular weight is 312 g/mol. The number of rotatable bonds is 3. The lowest BCUT2D eigenvalue weighted by Crippen LogP contribution is -2.18. The fourth-order valence-electron chi connectivity index (χ4n) is 1.89. The van der Waals surface area contributed by atoms with Gasteiger partial charge >= 0.3 is 0 Å². The molecule has 0 aliphatic rings. The Labute approximate surface area is 113 Å². The molecule has 0 heterocycles. The molecule has 0 aliphatic heterocycles. The van der Waals surface area contributed by atoms with Crippen molar-refractivity contribution in [3.05, 3.63) is 69.7 Å². The quantitative estimate of drug-likeness (QED) is 0.902. The topological polar surface area (TPSA) is 12.0 Å². The van der Waals surface area contributed by atoms with Crippen molar-refractivity contribution in [2.24, 2.45) is 0 Å². The zero-order valence-electron chi connectivity index (χ0n) is 9.75. The van der Waals surface area contributed by atoms with Gasteiger partial charge < -0.3 is 5.32 Å². The van der Waals surface area contributed by atoms with Gasteiger partial charge in [0.25, 0.3) is 0 Å². The van der Waals surface area contributed by atoms with E-state index in [2.05, 4.69) is 21.2 Å². The molecule has 2 aromatic carbocycles. The minimum atomic E-state index is -0.296. The molecule has 0 fully saturated rings. The summed E-state index contributed by atoms with van der Waals surface area (Å²) in [4.78, 5) is 0. The first-order valence-corrected chi connectivity index (χ1v) is 6.29. The van der Waals surface area contributed by atoms with Crippen LogP contribution < -0.4 is 5.32 Å². The van der Waals surface area contributed by atoms with Crippen molar-refractivity contribution in [3.63, 3.8) is 0 Å². The normalized spacial score (nSPS) is 12.4. The molecule has 0 aliphatic carbocycles. The predicted molar refractivity (Wildman–Crippen MR) is 71.4 cm³/mol. The zero-order valence-corrected chi connectivity index (χ0v) is 11.3. The molecule has 2 rings (SSSR count). The molecule has 0 spiro atoms. The van der Waals surface area contributed by atoms with E-state index in [0.29, 0.717) is 0 Å². The highest BCUT2D eigenvalue weighted by atomic mass is 79.9. The van der Waals surface area contributed by atoms with E-state index in [1.165, 1.54) is 24.3 Å². The third kappa shape index (κ3) is 2.76. The van der Waals surface area contributed by atoms with Crippen LogP contribution in [0.4, 0.5) is 8.78 Å². The maximum Gasteiger partial charge on any atom is 0.123 e. The van der Waals surface area contributed by atoms with E-state index in [9.17, 15) is 8.78 Å². The minimum absolute atomic E-state index is 0.185. The Morgan fingerprint density at radius 2 is 1.61 bits per heavy atom. The number of hydrogen-bond donors (Lipinski definition) is 1. The Kier molecular flexibility index (Phi) is 4.09. The first-order valence-electron chi connectivity index (χ1n) is 5.49. The molecule has 1 unspecified atom stereocenters. The van der Waals surface area contributed by atoms with Crippen LogP contribution in [-0.4, -0.2) is 7.05 Å². The maximum absolute atomic E-state index is 13.3. The SMILES string of the molecule is CNC(c1ccc(F)cc1)c1cc(F)ccc1Br. The summed E-state index contributed by atoms with van der Waals surface area (Å²) >= 11 is 3.40. The third-order valence-corrected chi connectivity index (χ3v) is 3.48. The lowest BCUT2D eigenvalue weighted by Gasteiger charge is -2.18. The molecule has 1 nitrogen and oxygen atoms in total. The number of benzene rings is 2. The van der Waals surface area contributed by atoms with E-state index in [-0.39, 0.29) is 17.7 Å². The van der Waals surface area contributed by atoms with Crippen molar-refractivity contribution in [2.45, 2.75) is 6.04 Å². The number of nitrogens with one attached hydrogen (secondary N) is 1. The second-order valence-electron chi connectivity index (χ2n) is 3.94. The largest absolute Gasteiger partial charge is 0.309 e. The molecular weight excluding hydrogens is 300 g/mol. The zero-order chi connectivity index (χ0) is 13.1. The van der Waals surface area contributed by atoms with Crippen LogP contribution >= 0.6 is 15.9 Å². The molecule has 0 bridgehead atoms. The van der Waals surface area contributed by atoms with Gasteiger partial charge in [-0.15, -0.1) is 0 Å². The number of hydrogen-bond acceptors (Lipinski definition) is 1. The molecule has 0 radical (unpaired) electrons. The Hall–Kier alpha value is -1.26. The highest BCUT2D eigenvalue weighted by Crippen LogP contribution is 2.29. The van der Waals surface area contributed by atoms with Crippen molar-refractivity contribution >= 4 is 15.9 Å². The third-order valence-electron chi connectivity index (χ3n) is 2.76. The van der Waals surface area contributed by atoms with Gasteiger partial charge in [-0.2, -0.15) is 0 Å². The summed E-state index contributed by atoms with van der Waals surface area (Å²) in [6.45, 7) is 0. The summed E-state index contributed by atoms with van der Waals surface area (Å²) in [5, 5.41) is 3.10. The monoisotopic (exact) mass is 311 g/mol. The van der Waals surface area contributed by atoms with E-state index < -0.39 is 0 Å². The van der Waals surface area contributed by atoms with E-state index >= 15 is 0 Å². The summed E-state index contributed by atoms with van der Waals surface area (Å²) < 4.78 is 27.0. The molecule has 1 atom stereocenters. The highest BCUT2D eigenvalue weighted by molar-refractivity contribution is 9.10. The predicted octanol–water partition coefficient (Wildman–Crippen LogP) is 4.04. The Balaban J connectivity index is 2.44. The Bertz CT molecular complexity index is 540. The molecule has 94 valence electrons. The summed E-state index contributed by atoms with van der Waals surface area (Å²) in [6.07, 6.45) is 0. The van der Waals surface area contributed by atoms with Crippen LogP contribution in [0.3, 0.4) is 0 Å². The summed E-state index contributed by atoms with van der Waals surface area (Å²) in [5.74, 6) is -0.581. The molecule has 0 amide bonds. The van der Waals surface area contributed by atoms with E-state index in [4.69, 9.17) is 0 Å². The van der Waals surface area contributed by atoms with Crippen LogP contribution in [0.2, 0.25) is 0 Å². The van der Waals surface area contributed by atoms with Gasteiger partial charge in [0, 0.05) is 4.47 Å². The Morgan fingerprint density at radius 1 is 1.00 bits per heavy atom. The van der Waals surface area contributed by atoms with Crippen molar-refractivity contribution in [1.29, 1.82) is 0 Å². The van der Waals surface area contributed by atoms with Gasteiger partial charge in [0.05, 0.1) is 6.04 Å². The molecule has 0 saturated heterocycles. The second-order valence-corrected chi connectivity index (χ2v) is 4.79. The summed E-state index contributed by atoms with van der Waals surface area (Å²) in [6, 6.07) is 10.5. The van der Waals surface area contributed by atoms with Crippen LogP contribution in [0.1, 0.15) is 17.2 Å². The maximum atomic E-state index is 13.3. The van der Waals surface area contributed by atoms with E-state index in [1.54, 1.807) is 25.2 Å². The van der Waals surface area contributed by atoms with Crippen LogP contribution in [0.25, 0.3) is 0 Å². The standard InChI is InChI=1S/C14H12BrF2N/c1-18-14(9-2-4-10(16)5-3-9)12-8-11(17)6-7-13(12)15/h2-8,14,18H,1H3. The first-order chi connectivity index (χ1) is 8.61. The molecule has 0 aromatic heterocycles. The van der Waals surface area contributed by atoms with Crippen molar-refractivity contribution in [1.82, 2.24) is 5.32 Å². The number of halogens is 3. The van der Waals surface area contributed by atoms with Crippen LogP contribution in [0, 0.1) is 11.6 Å². The van der Waals surface area contributed by atoms with Gasteiger partial charge in [-0.05, 0) is 48.5 Å². The molecular formula is C14H12BrF2N. The summed E-state index contributed by atoms with van der Waals surface area (Å²) in [7, 11) is 1.78. The fourth-order valence-corrected chi connectivity index (χ4v) is 2.37. The second kappa shape index (κ2) is 5.59. The fraction of sp³-hybridized carbons (Fsp3) is 0.143. The molecule has 18 heavy (non-hydrogen) atoms. The van der Waals surface area contributed by atoms with Crippen LogP contribution in [-0.2, 0) is 0 Å². The summed E-state index contributed by atoms with van der Waals surface area (Å²) in [5.41, 5.74) is 1.66. The minimum Gasteiger partial charge on any atom is -0.309 e.